The molecule has 0 saturated carbocycles. The van der Waals surface area contributed by atoms with Gasteiger partial charge < -0.3 is 24.7 Å². The molecule has 3 rings (SSSR count). The second-order valence-electron chi connectivity index (χ2n) is 6.88. The molecule has 8 nitrogen and oxygen atoms in total. The van der Waals surface area contributed by atoms with Crippen LogP contribution in [0.5, 0.6) is 5.75 Å². The minimum absolute atomic E-state index is 0.479. The molecule has 1 aliphatic heterocycles. The van der Waals surface area contributed by atoms with Crippen LogP contribution in [0.1, 0.15) is 29.2 Å². The number of hydrogen-bond donors (Lipinski definition) is 2. The standard InChI is InChI=1S/C20H30N6O2/c1-15-24-25-19(26(15)2)14-23-20(21-9-4-11-27-3)22-10-7-16-5-6-18-17(13-16)8-12-28-18/h5-6,13H,4,7-12,14H2,1-3H3,(H2,21,22,23). The van der Waals surface area contributed by atoms with Crippen molar-refractivity contribution in [3.63, 3.8) is 0 Å². The third-order valence-electron chi connectivity index (χ3n) is 4.84. The number of aliphatic imine (C=N–C) groups is 1. The molecule has 2 heterocycles. The van der Waals surface area contributed by atoms with Gasteiger partial charge in [-0.15, -0.1) is 10.2 Å². The Hall–Kier alpha value is -2.61. The highest BCUT2D eigenvalue weighted by Gasteiger charge is 2.12. The van der Waals surface area contributed by atoms with Gasteiger partial charge in [-0.25, -0.2) is 4.99 Å². The second kappa shape index (κ2) is 10.1. The molecular weight excluding hydrogens is 356 g/mol. The monoisotopic (exact) mass is 386 g/mol. The number of nitrogens with one attached hydrogen (secondary N) is 2. The van der Waals surface area contributed by atoms with E-state index < -0.39 is 0 Å². The van der Waals surface area contributed by atoms with Crippen LogP contribution in [-0.4, -0.2) is 54.1 Å². The van der Waals surface area contributed by atoms with Crippen LogP contribution in [-0.2, 0) is 31.2 Å². The quantitative estimate of drug-likeness (QED) is 0.385. The lowest BCUT2D eigenvalue weighted by Crippen LogP contribution is -2.39. The molecule has 2 N–H and O–H groups in total. The summed E-state index contributed by atoms with van der Waals surface area (Å²) in [5.74, 6) is 3.53. The first-order valence-electron chi connectivity index (χ1n) is 9.78. The lowest BCUT2D eigenvalue weighted by atomic mass is 10.1. The number of fused-ring (bicyclic) bond motifs is 1. The summed E-state index contributed by atoms with van der Waals surface area (Å²) in [6, 6.07) is 6.46. The number of benzene rings is 1. The normalized spacial score (nSPS) is 13.3. The fraction of sp³-hybridized carbons (Fsp3) is 0.550. The van der Waals surface area contributed by atoms with Gasteiger partial charge in [0.05, 0.1) is 6.61 Å². The topological polar surface area (TPSA) is 85.6 Å². The Morgan fingerprint density at radius 1 is 1.29 bits per heavy atom. The minimum Gasteiger partial charge on any atom is -0.493 e. The molecule has 0 atom stereocenters. The first-order chi connectivity index (χ1) is 13.7. The van der Waals surface area contributed by atoms with Crippen molar-refractivity contribution in [1.82, 2.24) is 25.4 Å². The van der Waals surface area contributed by atoms with Gasteiger partial charge in [-0.05, 0) is 37.0 Å². The number of nitrogens with zero attached hydrogens (tertiary/aromatic N) is 4. The van der Waals surface area contributed by atoms with Gasteiger partial charge in [-0.1, -0.05) is 12.1 Å². The van der Waals surface area contributed by atoms with Gasteiger partial charge in [0.2, 0.25) is 0 Å². The SMILES string of the molecule is COCCCNC(=NCc1nnc(C)n1C)NCCc1ccc2c(c1)CCO2. The van der Waals surface area contributed by atoms with Gasteiger partial charge in [0, 0.05) is 40.3 Å². The van der Waals surface area contributed by atoms with Crippen LogP contribution in [0.15, 0.2) is 23.2 Å². The molecule has 1 aromatic carbocycles. The molecule has 0 fully saturated rings. The van der Waals surface area contributed by atoms with Crippen molar-refractivity contribution in [1.29, 1.82) is 0 Å². The molecule has 0 saturated heterocycles. The number of aryl methyl sites for hydroxylation is 1. The molecular formula is C20H30N6O2. The number of guanidine groups is 1. The van der Waals surface area contributed by atoms with Crippen molar-refractivity contribution in [2.75, 3.05) is 33.4 Å². The summed E-state index contributed by atoms with van der Waals surface area (Å²) in [6.07, 6.45) is 2.85. The van der Waals surface area contributed by atoms with Gasteiger partial charge in [0.1, 0.15) is 18.1 Å². The van der Waals surface area contributed by atoms with Crippen molar-refractivity contribution >= 4 is 5.96 Å². The van der Waals surface area contributed by atoms with E-state index in [0.717, 1.165) is 68.9 Å². The summed E-state index contributed by atoms with van der Waals surface area (Å²) in [5.41, 5.74) is 2.61. The molecule has 0 spiro atoms. The van der Waals surface area contributed by atoms with Crippen molar-refractivity contribution in [2.45, 2.75) is 32.7 Å². The van der Waals surface area contributed by atoms with Gasteiger partial charge >= 0.3 is 0 Å². The lowest BCUT2D eigenvalue weighted by molar-refractivity contribution is 0.195. The van der Waals surface area contributed by atoms with Crippen LogP contribution in [0.25, 0.3) is 0 Å². The maximum atomic E-state index is 5.58. The van der Waals surface area contributed by atoms with Crippen molar-refractivity contribution in [3.8, 4) is 5.75 Å². The smallest absolute Gasteiger partial charge is 0.191 e. The van der Waals surface area contributed by atoms with E-state index in [2.05, 4.69) is 44.0 Å². The number of hydrogen-bond acceptors (Lipinski definition) is 5. The van der Waals surface area contributed by atoms with Crippen LogP contribution in [0.3, 0.4) is 0 Å². The first-order valence-corrected chi connectivity index (χ1v) is 9.78. The molecule has 0 bridgehead atoms. The molecule has 2 aromatic rings. The minimum atomic E-state index is 0.479. The number of rotatable bonds is 9. The summed E-state index contributed by atoms with van der Waals surface area (Å²) in [6.45, 7) is 5.53. The largest absolute Gasteiger partial charge is 0.493 e. The summed E-state index contributed by atoms with van der Waals surface area (Å²) >= 11 is 0. The van der Waals surface area contributed by atoms with E-state index >= 15 is 0 Å². The Kier molecular flexibility index (Phi) is 7.25. The van der Waals surface area contributed by atoms with Crippen LogP contribution in [0.4, 0.5) is 0 Å². The van der Waals surface area contributed by atoms with Gasteiger partial charge in [-0.2, -0.15) is 0 Å². The molecule has 0 amide bonds. The first kappa shape index (κ1) is 20.1. The Morgan fingerprint density at radius 2 is 2.14 bits per heavy atom. The molecule has 28 heavy (non-hydrogen) atoms. The zero-order valence-corrected chi connectivity index (χ0v) is 17.0. The molecule has 1 aliphatic rings. The number of ether oxygens (including phenoxy) is 2. The average Bonchev–Trinajstić information content (AvgIpc) is 3.29. The van der Waals surface area contributed by atoms with E-state index in [1.807, 2.05) is 18.5 Å². The van der Waals surface area contributed by atoms with Crippen LogP contribution >= 0.6 is 0 Å². The average molecular weight is 387 g/mol. The Morgan fingerprint density at radius 3 is 2.93 bits per heavy atom. The molecule has 0 radical (unpaired) electrons. The highest BCUT2D eigenvalue weighted by Crippen LogP contribution is 2.25. The molecule has 8 heteroatoms. The van der Waals surface area contributed by atoms with E-state index in [1.54, 1.807) is 7.11 Å². The molecule has 152 valence electrons. The van der Waals surface area contributed by atoms with Crippen molar-refractivity contribution in [3.05, 3.63) is 41.0 Å². The zero-order valence-electron chi connectivity index (χ0n) is 17.0. The van der Waals surface area contributed by atoms with Gasteiger partial charge in [0.25, 0.3) is 0 Å². The summed E-state index contributed by atoms with van der Waals surface area (Å²) in [4.78, 5) is 4.67. The van der Waals surface area contributed by atoms with Crippen LogP contribution < -0.4 is 15.4 Å². The highest BCUT2D eigenvalue weighted by atomic mass is 16.5. The fourth-order valence-corrected chi connectivity index (χ4v) is 3.06. The van der Waals surface area contributed by atoms with Crippen LogP contribution in [0, 0.1) is 6.92 Å². The maximum absolute atomic E-state index is 5.58. The third kappa shape index (κ3) is 5.45. The van der Waals surface area contributed by atoms with Crippen molar-refractivity contribution in [2.24, 2.45) is 12.0 Å². The summed E-state index contributed by atoms with van der Waals surface area (Å²) < 4.78 is 12.6. The van der Waals surface area contributed by atoms with E-state index in [-0.39, 0.29) is 0 Å². The highest BCUT2D eigenvalue weighted by molar-refractivity contribution is 5.79. The molecule has 0 unspecified atom stereocenters. The summed E-state index contributed by atoms with van der Waals surface area (Å²) in [5, 5.41) is 15.0. The molecule has 0 aliphatic carbocycles. The Bertz CT molecular complexity index is 802. The van der Waals surface area contributed by atoms with Gasteiger partial charge in [-0.3, -0.25) is 0 Å². The molecule has 1 aromatic heterocycles. The predicted molar refractivity (Wildman–Crippen MR) is 109 cm³/mol. The third-order valence-corrected chi connectivity index (χ3v) is 4.84. The number of aromatic nitrogens is 3. The van der Waals surface area contributed by atoms with E-state index in [0.29, 0.717) is 6.54 Å². The van der Waals surface area contributed by atoms with E-state index in [9.17, 15) is 0 Å². The van der Waals surface area contributed by atoms with Crippen molar-refractivity contribution < 1.29 is 9.47 Å². The lowest BCUT2D eigenvalue weighted by Gasteiger charge is -2.13. The van der Waals surface area contributed by atoms with E-state index in [1.165, 1.54) is 11.1 Å². The fourth-order valence-electron chi connectivity index (χ4n) is 3.06. The summed E-state index contributed by atoms with van der Waals surface area (Å²) in [7, 11) is 3.67. The second-order valence-corrected chi connectivity index (χ2v) is 6.88. The Labute approximate surface area is 166 Å². The Balaban J connectivity index is 1.55. The van der Waals surface area contributed by atoms with E-state index in [4.69, 9.17) is 9.47 Å². The number of methoxy groups -OCH3 is 1. The van der Waals surface area contributed by atoms with Crippen LogP contribution in [0.2, 0.25) is 0 Å². The predicted octanol–water partition coefficient (Wildman–Crippen LogP) is 1.37. The van der Waals surface area contributed by atoms with Gasteiger partial charge in [0.15, 0.2) is 11.8 Å². The zero-order chi connectivity index (χ0) is 19.8. The maximum Gasteiger partial charge on any atom is 0.191 e.